The fraction of sp³-hybridized carbons (Fsp3) is 0. The van der Waals surface area contributed by atoms with Crippen molar-refractivity contribution in [3.63, 3.8) is 0 Å². The lowest BCUT2D eigenvalue weighted by atomic mass is 10.2. The zero-order valence-electron chi connectivity index (χ0n) is 8.51. The van der Waals surface area contributed by atoms with Gasteiger partial charge in [0.15, 0.2) is 0 Å². The van der Waals surface area contributed by atoms with Crippen LogP contribution in [0.15, 0.2) is 41.5 Å². The molecule has 84 valence electrons. The van der Waals surface area contributed by atoms with Crippen molar-refractivity contribution in [2.24, 2.45) is 0 Å². The minimum Gasteiger partial charge on any atom is -0.289 e. The molecule has 0 aliphatic heterocycles. The maximum atomic E-state index is 13.1. The van der Waals surface area contributed by atoms with Crippen LogP contribution in [0.2, 0.25) is 0 Å². The second kappa shape index (κ2) is 3.89. The van der Waals surface area contributed by atoms with E-state index in [1.165, 1.54) is 6.07 Å². The van der Waals surface area contributed by atoms with Crippen molar-refractivity contribution in [1.29, 1.82) is 0 Å². The molecule has 3 aromatic rings. The Morgan fingerprint density at radius 3 is 2.88 bits per heavy atom. The van der Waals surface area contributed by atoms with E-state index in [-0.39, 0.29) is 5.82 Å². The first-order valence-electron chi connectivity index (χ1n) is 4.83. The highest BCUT2D eigenvalue weighted by Crippen LogP contribution is 2.19. The minimum atomic E-state index is -0.381. The van der Waals surface area contributed by atoms with Gasteiger partial charge in [-0.05, 0) is 22.0 Å². The van der Waals surface area contributed by atoms with Gasteiger partial charge in [0.05, 0.1) is 16.4 Å². The summed E-state index contributed by atoms with van der Waals surface area (Å²) < 4.78 is 15.7. The molecule has 0 N–H and O–H groups in total. The summed E-state index contributed by atoms with van der Waals surface area (Å²) in [6.45, 7) is 0. The quantitative estimate of drug-likeness (QED) is 0.693. The van der Waals surface area contributed by atoms with Gasteiger partial charge >= 0.3 is 0 Å². The largest absolute Gasteiger partial charge is 0.289 e. The molecule has 3 rings (SSSR count). The SMILES string of the molecule is Fc1cncc(-c2cn3cc(Br)cnc3n2)c1. The van der Waals surface area contributed by atoms with Gasteiger partial charge in [0.25, 0.3) is 0 Å². The number of halogens is 2. The van der Waals surface area contributed by atoms with Gasteiger partial charge in [-0.1, -0.05) is 0 Å². The Bertz CT molecular complexity index is 695. The normalized spacial score (nSPS) is 10.9. The Hall–Kier alpha value is -1.82. The maximum absolute atomic E-state index is 13.1. The molecule has 0 bridgehead atoms. The van der Waals surface area contributed by atoms with E-state index < -0.39 is 0 Å². The molecule has 3 aromatic heterocycles. The van der Waals surface area contributed by atoms with E-state index in [9.17, 15) is 4.39 Å². The summed E-state index contributed by atoms with van der Waals surface area (Å²) in [7, 11) is 0. The van der Waals surface area contributed by atoms with E-state index in [0.717, 1.165) is 10.7 Å². The first kappa shape index (κ1) is 10.3. The number of aromatic nitrogens is 4. The third kappa shape index (κ3) is 1.91. The van der Waals surface area contributed by atoms with E-state index in [0.29, 0.717) is 17.0 Å². The minimum absolute atomic E-state index is 0.381. The smallest absolute Gasteiger partial charge is 0.234 e. The summed E-state index contributed by atoms with van der Waals surface area (Å²) in [5.41, 5.74) is 1.27. The number of imidazole rings is 1. The summed E-state index contributed by atoms with van der Waals surface area (Å²) in [6, 6.07) is 1.39. The monoisotopic (exact) mass is 292 g/mol. The number of pyridine rings is 1. The summed E-state index contributed by atoms with van der Waals surface area (Å²) >= 11 is 3.33. The molecular weight excluding hydrogens is 287 g/mol. The van der Waals surface area contributed by atoms with Gasteiger partial charge in [0.1, 0.15) is 5.82 Å². The molecule has 6 heteroatoms. The first-order valence-corrected chi connectivity index (χ1v) is 5.63. The van der Waals surface area contributed by atoms with Crippen LogP contribution in [-0.2, 0) is 0 Å². The molecule has 0 fully saturated rings. The third-order valence-corrected chi connectivity index (χ3v) is 2.69. The van der Waals surface area contributed by atoms with Gasteiger partial charge in [0, 0.05) is 30.4 Å². The molecule has 17 heavy (non-hydrogen) atoms. The standard InChI is InChI=1S/C11H6BrFN4/c12-8-3-15-11-16-10(6-17(11)5-8)7-1-9(13)4-14-2-7/h1-6H. The number of nitrogens with zero attached hydrogens (tertiary/aromatic N) is 4. The molecule has 0 amide bonds. The second-order valence-electron chi connectivity index (χ2n) is 3.50. The predicted octanol–water partition coefficient (Wildman–Crippen LogP) is 2.69. The summed E-state index contributed by atoms with van der Waals surface area (Å²) in [5.74, 6) is 0.182. The summed E-state index contributed by atoms with van der Waals surface area (Å²) in [6.07, 6.45) is 8.01. The molecule has 0 saturated carbocycles. The van der Waals surface area contributed by atoms with Crippen LogP contribution < -0.4 is 0 Å². The zero-order chi connectivity index (χ0) is 11.8. The fourth-order valence-electron chi connectivity index (χ4n) is 1.55. The molecule has 0 radical (unpaired) electrons. The Kier molecular flexibility index (Phi) is 2.36. The van der Waals surface area contributed by atoms with Gasteiger partial charge in [-0.3, -0.25) is 9.38 Å². The van der Waals surface area contributed by atoms with Crippen molar-refractivity contribution >= 4 is 21.7 Å². The average molecular weight is 293 g/mol. The van der Waals surface area contributed by atoms with Crippen LogP contribution in [0.1, 0.15) is 0 Å². The Balaban J connectivity index is 2.18. The maximum Gasteiger partial charge on any atom is 0.234 e. The van der Waals surface area contributed by atoms with E-state index in [2.05, 4.69) is 30.9 Å². The van der Waals surface area contributed by atoms with Gasteiger partial charge in [-0.2, -0.15) is 0 Å². The fourth-order valence-corrected chi connectivity index (χ4v) is 1.87. The van der Waals surface area contributed by atoms with Crippen LogP contribution in [-0.4, -0.2) is 19.4 Å². The average Bonchev–Trinajstić information content (AvgIpc) is 2.72. The van der Waals surface area contributed by atoms with Crippen molar-refractivity contribution in [3.05, 3.63) is 47.3 Å². The zero-order valence-corrected chi connectivity index (χ0v) is 10.1. The number of hydrogen-bond acceptors (Lipinski definition) is 3. The van der Waals surface area contributed by atoms with E-state index in [1.807, 2.05) is 6.20 Å². The van der Waals surface area contributed by atoms with E-state index in [1.54, 1.807) is 23.0 Å². The second-order valence-corrected chi connectivity index (χ2v) is 4.41. The molecule has 0 saturated heterocycles. The lowest BCUT2D eigenvalue weighted by Gasteiger charge is -1.93. The molecule has 0 atom stereocenters. The van der Waals surface area contributed by atoms with Crippen LogP contribution >= 0.6 is 15.9 Å². The number of rotatable bonds is 1. The summed E-state index contributed by atoms with van der Waals surface area (Å²) in [5, 5.41) is 0. The van der Waals surface area contributed by atoms with E-state index >= 15 is 0 Å². The number of hydrogen-bond donors (Lipinski definition) is 0. The van der Waals surface area contributed by atoms with Crippen LogP contribution in [0.5, 0.6) is 0 Å². The van der Waals surface area contributed by atoms with Gasteiger partial charge < -0.3 is 0 Å². The van der Waals surface area contributed by atoms with E-state index in [4.69, 9.17) is 0 Å². The van der Waals surface area contributed by atoms with Crippen LogP contribution in [0.4, 0.5) is 4.39 Å². The first-order chi connectivity index (χ1) is 8.22. The molecule has 0 spiro atoms. The molecule has 0 aromatic carbocycles. The Morgan fingerprint density at radius 1 is 1.18 bits per heavy atom. The van der Waals surface area contributed by atoms with Gasteiger partial charge in [-0.15, -0.1) is 0 Å². The van der Waals surface area contributed by atoms with Crippen molar-refractivity contribution in [3.8, 4) is 11.3 Å². The topological polar surface area (TPSA) is 43.1 Å². The van der Waals surface area contributed by atoms with Crippen molar-refractivity contribution in [2.75, 3.05) is 0 Å². The van der Waals surface area contributed by atoms with Gasteiger partial charge in [-0.25, -0.2) is 14.4 Å². The van der Waals surface area contributed by atoms with Crippen molar-refractivity contribution < 1.29 is 4.39 Å². The molecular formula is C11H6BrFN4. The molecule has 0 aliphatic carbocycles. The molecule has 0 unspecified atom stereocenters. The summed E-state index contributed by atoms with van der Waals surface area (Å²) in [4.78, 5) is 12.2. The van der Waals surface area contributed by atoms with Crippen molar-refractivity contribution in [2.45, 2.75) is 0 Å². The predicted molar refractivity (Wildman–Crippen MR) is 63.9 cm³/mol. The Morgan fingerprint density at radius 2 is 2.06 bits per heavy atom. The highest BCUT2D eigenvalue weighted by Gasteiger charge is 2.06. The van der Waals surface area contributed by atoms with Crippen LogP contribution in [0.3, 0.4) is 0 Å². The van der Waals surface area contributed by atoms with Crippen LogP contribution in [0.25, 0.3) is 17.0 Å². The van der Waals surface area contributed by atoms with Crippen LogP contribution in [0, 0.1) is 5.82 Å². The lowest BCUT2D eigenvalue weighted by molar-refractivity contribution is 0.622. The lowest BCUT2D eigenvalue weighted by Crippen LogP contribution is -1.85. The highest BCUT2D eigenvalue weighted by molar-refractivity contribution is 9.10. The molecule has 0 aliphatic rings. The molecule has 3 heterocycles. The highest BCUT2D eigenvalue weighted by atomic mass is 79.9. The van der Waals surface area contributed by atoms with Gasteiger partial charge in [0.2, 0.25) is 5.78 Å². The third-order valence-electron chi connectivity index (χ3n) is 2.28. The molecule has 4 nitrogen and oxygen atoms in total. The van der Waals surface area contributed by atoms with Crippen molar-refractivity contribution in [1.82, 2.24) is 19.4 Å². The number of fused-ring (bicyclic) bond motifs is 1. The Labute approximate surface area is 104 Å².